The number of rotatable bonds is 7. The first-order valence-corrected chi connectivity index (χ1v) is 7.27. The zero-order valence-electron chi connectivity index (χ0n) is 12.3. The van der Waals surface area contributed by atoms with E-state index in [9.17, 15) is 9.90 Å². The van der Waals surface area contributed by atoms with E-state index in [0.717, 1.165) is 18.8 Å². The van der Waals surface area contributed by atoms with Gasteiger partial charge in [0.25, 0.3) is 0 Å². The first-order chi connectivity index (χ1) is 9.02. The van der Waals surface area contributed by atoms with Crippen LogP contribution in [0.25, 0.3) is 0 Å². The third-order valence-corrected chi connectivity index (χ3v) is 3.79. The molecule has 1 rings (SSSR count). The minimum atomic E-state index is -0.563. The molecule has 1 saturated carbocycles. The lowest BCUT2D eigenvalue weighted by molar-refractivity contribution is -0.122. The standard InChI is InChI=1S/C14H28N2O3/c1-10-4-6-13(7-5-10)19-9-12(17)8-16-11(2)14(18)15-3/h10-13,16-17H,4-9H2,1-3H3,(H,15,18). The average Bonchev–Trinajstić information content (AvgIpc) is 2.43. The molecular weight excluding hydrogens is 244 g/mol. The smallest absolute Gasteiger partial charge is 0.236 e. The summed E-state index contributed by atoms with van der Waals surface area (Å²) >= 11 is 0. The molecule has 0 saturated heterocycles. The summed E-state index contributed by atoms with van der Waals surface area (Å²) in [5.74, 6) is 0.731. The Labute approximate surface area is 116 Å². The van der Waals surface area contributed by atoms with Crippen LogP contribution in [0.4, 0.5) is 0 Å². The molecule has 3 N–H and O–H groups in total. The van der Waals surface area contributed by atoms with Gasteiger partial charge < -0.3 is 20.5 Å². The first-order valence-electron chi connectivity index (χ1n) is 7.27. The molecule has 0 radical (unpaired) electrons. The van der Waals surface area contributed by atoms with Gasteiger partial charge in [-0.05, 0) is 38.5 Å². The van der Waals surface area contributed by atoms with Gasteiger partial charge in [0.05, 0.1) is 24.9 Å². The minimum absolute atomic E-state index is 0.0746. The second kappa shape index (κ2) is 8.51. The van der Waals surface area contributed by atoms with E-state index in [1.165, 1.54) is 12.8 Å². The lowest BCUT2D eigenvalue weighted by Gasteiger charge is -2.27. The lowest BCUT2D eigenvalue weighted by atomic mass is 9.89. The molecule has 0 spiro atoms. The molecule has 1 fully saturated rings. The van der Waals surface area contributed by atoms with Crippen molar-refractivity contribution in [1.29, 1.82) is 0 Å². The third-order valence-electron chi connectivity index (χ3n) is 3.79. The Morgan fingerprint density at radius 1 is 1.37 bits per heavy atom. The summed E-state index contributed by atoms with van der Waals surface area (Å²) in [5, 5.41) is 15.4. The predicted molar refractivity (Wildman–Crippen MR) is 74.9 cm³/mol. The van der Waals surface area contributed by atoms with Crippen LogP contribution in [0.5, 0.6) is 0 Å². The van der Waals surface area contributed by atoms with Crippen LogP contribution in [0.15, 0.2) is 0 Å². The lowest BCUT2D eigenvalue weighted by Crippen LogP contribution is -2.44. The Morgan fingerprint density at radius 2 is 2.00 bits per heavy atom. The van der Waals surface area contributed by atoms with Crippen molar-refractivity contribution in [2.75, 3.05) is 20.2 Å². The first kappa shape index (κ1) is 16.4. The molecule has 2 atom stereocenters. The van der Waals surface area contributed by atoms with Gasteiger partial charge in [-0.3, -0.25) is 4.79 Å². The highest BCUT2D eigenvalue weighted by Crippen LogP contribution is 2.25. The van der Waals surface area contributed by atoms with E-state index in [1.807, 2.05) is 0 Å². The number of nitrogens with one attached hydrogen (secondary N) is 2. The molecule has 1 amide bonds. The van der Waals surface area contributed by atoms with Crippen LogP contribution in [-0.2, 0) is 9.53 Å². The highest BCUT2D eigenvalue weighted by molar-refractivity contribution is 5.80. The molecule has 0 aliphatic heterocycles. The van der Waals surface area contributed by atoms with E-state index in [1.54, 1.807) is 14.0 Å². The van der Waals surface area contributed by atoms with E-state index < -0.39 is 6.10 Å². The van der Waals surface area contributed by atoms with Crippen LogP contribution in [0.1, 0.15) is 39.5 Å². The predicted octanol–water partition coefficient (Wildman–Crippen LogP) is 0.667. The number of hydrogen-bond donors (Lipinski definition) is 3. The molecular formula is C14H28N2O3. The summed E-state index contributed by atoms with van der Waals surface area (Å²) in [4.78, 5) is 11.3. The largest absolute Gasteiger partial charge is 0.389 e. The molecule has 5 nitrogen and oxygen atoms in total. The van der Waals surface area contributed by atoms with Crippen molar-refractivity contribution in [3.8, 4) is 0 Å². The van der Waals surface area contributed by atoms with Gasteiger partial charge in [0.15, 0.2) is 0 Å². The Bertz CT molecular complexity index is 265. The maximum Gasteiger partial charge on any atom is 0.236 e. The summed E-state index contributed by atoms with van der Waals surface area (Å²) in [7, 11) is 1.60. The maximum atomic E-state index is 11.3. The molecule has 0 aromatic rings. The number of hydrogen-bond acceptors (Lipinski definition) is 4. The second-order valence-electron chi connectivity index (χ2n) is 5.61. The zero-order valence-corrected chi connectivity index (χ0v) is 12.3. The van der Waals surface area contributed by atoms with Gasteiger partial charge in [0.2, 0.25) is 5.91 Å². The van der Waals surface area contributed by atoms with Crippen molar-refractivity contribution in [3.05, 3.63) is 0 Å². The fourth-order valence-electron chi connectivity index (χ4n) is 2.32. The van der Waals surface area contributed by atoms with Crippen molar-refractivity contribution in [1.82, 2.24) is 10.6 Å². The topological polar surface area (TPSA) is 70.6 Å². The minimum Gasteiger partial charge on any atom is -0.389 e. The summed E-state index contributed by atoms with van der Waals surface area (Å²) in [6.45, 7) is 4.76. The Hall–Kier alpha value is -0.650. The Balaban J connectivity index is 2.10. The molecule has 0 aromatic carbocycles. The van der Waals surface area contributed by atoms with E-state index in [-0.39, 0.29) is 11.9 Å². The van der Waals surface area contributed by atoms with Gasteiger partial charge in [0.1, 0.15) is 0 Å². The van der Waals surface area contributed by atoms with Crippen LogP contribution >= 0.6 is 0 Å². The number of carbonyl (C=O) groups excluding carboxylic acids is 1. The second-order valence-corrected chi connectivity index (χ2v) is 5.61. The monoisotopic (exact) mass is 272 g/mol. The molecule has 1 aliphatic carbocycles. The van der Waals surface area contributed by atoms with Crippen molar-refractivity contribution in [3.63, 3.8) is 0 Å². The van der Waals surface area contributed by atoms with E-state index >= 15 is 0 Å². The summed E-state index contributed by atoms with van der Waals surface area (Å²) in [5.41, 5.74) is 0. The van der Waals surface area contributed by atoms with Gasteiger partial charge in [-0.15, -0.1) is 0 Å². The maximum absolute atomic E-state index is 11.3. The van der Waals surface area contributed by atoms with Crippen LogP contribution in [-0.4, -0.2) is 49.5 Å². The molecule has 2 unspecified atom stereocenters. The van der Waals surface area contributed by atoms with Crippen LogP contribution in [0.2, 0.25) is 0 Å². The number of aliphatic hydroxyl groups is 1. The number of amides is 1. The highest BCUT2D eigenvalue weighted by atomic mass is 16.5. The van der Waals surface area contributed by atoms with Crippen molar-refractivity contribution >= 4 is 5.91 Å². The molecule has 5 heteroatoms. The Kier molecular flexibility index (Phi) is 7.34. The SMILES string of the molecule is CNC(=O)C(C)NCC(O)COC1CCC(C)CC1. The fraction of sp³-hybridized carbons (Fsp3) is 0.929. The number of ether oxygens (including phenoxy) is 1. The normalized spacial score (nSPS) is 26.7. The van der Waals surface area contributed by atoms with Gasteiger partial charge in [-0.2, -0.15) is 0 Å². The van der Waals surface area contributed by atoms with Crippen molar-refractivity contribution < 1.29 is 14.6 Å². The third kappa shape index (κ3) is 6.36. The number of carbonyl (C=O) groups is 1. The van der Waals surface area contributed by atoms with Crippen molar-refractivity contribution in [2.45, 2.75) is 57.8 Å². The van der Waals surface area contributed by atoms with Gasteiger partial charge in [0, 0.05) is 13.6 Å². The summed E-state index contributed by atoms with van der Waals surface area (Å²) in [6, 6.07) is -0.296. The fourth-order valence-corrected chi connectivity index (χ4v) is 2.32. The molecule has 112 valence electrons. The van der Waals surface area contributed by atoms with Crippen LogP contribution in [0, 0.1) is 5.92 Å². The van der Waals surface area contributed by atoms with Crippen molar-refractivity contribution in [2.24, 2.45) is 5.92 Å². The average molecular weight is 272 g/mol. The molecule has 1 aliphatic rings. The molecule has 0 bridgehead atoms. The highest BCUT2D eigenvalue weighted by Gasteiger charge is 2.20. The van der Waals surface area contributed by atoms with Gasteiger partial charge >= 0.3 is 0 Å². The van der Waals surface area contributed by atoms with E-state index in [2.05, 4.69) is 17.6 Å². The van der Waals surface area contributed by atoms with Gasteiger partial charge in [-0.1, -0.05) is 6.92 Å². The molecule has 0 heterocycles. The quantitative estimate of drug-likeness (QED) is 0.637. The molecule has 0 aromatic heterocycles. The summed E-state index contributed by atoms with van der Waals surface area (Å²) < 4.78 is 5.72. The number of likely N-dealkylation sites (N-methyl/N-ethyl adjacent to an activating group) is 1. The zero-order chi connectivity index (χ0) is 14.3. The molecule has 19 heavy (non-hydrogen) atoms. The van der Waals surface area contributed by atoms with E-state index in [0.29, 0.717) is 19.3 Å². The number of aliphatic hydroxyl groups excluding tert-OH is 1. The van der Waals surface area contributed by atoms with E-state index in [4.69, 9.17) is 4.74 Å². The van der Waals surface area contributed by atoms with Gasteiger partial charge in [-0.25, -0.2) is 0 Å². The Morgan fingerprint density at radius 3 is 2.58 bits per heavy atom. The summed E-state index contributed by atoms with van der Waals surface area (Å²) in [6.07, 6.45) is 4.35. The van der Waals surface area contributed by atoms with Crippen LogP contribution < -0.4 is 10.6 Å². The van der Waals surface area contributed by atoms with Crippen LogP contribution in [0.3, 0.4) is 0 Å².